The highest BCUT2D eigenvalue weighted by molar-refractivity contribution is 5.74. The number of phenols is 2. The van der Waals surface area contributed by atoms with Crippen molar-refractivity contribution in [1.82, 2.24) is 0 Å². The Morgan fingerprint density at radius 2 is 2.19 bits per heavy atom. The maximum atomic E-state index is 11.2. The summed E-state index contributed by atoms with van der Waals surface area (Å²) in [5.74, 6) is -0.991. The van der Waals surface area contributed by atoms with Gasteiger partial charge in [-0.2, -0.15) is 5.26 Å². The van der Waals surface area contributed by atoms with Crippen LogP contribution in [0, 0.1) is 11.3 Å². The highest BCUT2D eigenvalue weighted by atomic mass is 16.5. The first-order valence-electron chi connectivity index (χ1n) is 4.69. The van der Waals surface area contributed by atoms with Gasteiger partial charge in [-0.05, 0) is 13.0 Å². The van der Waals surface area contributed by atoms with Crippen molar-refractivity contribution >= 4 is 5.97 Å². The molecule has 0 saturated heterocycles. The van der Waals surface area contributed by atoms with Crippen molar-refractivity contribution in [3.05, 3.63) is 23.3 Å². The van der Waals surface area contributed by atoms with E-state index >= 15 is 0 Å². The molecule has 0 aromatic heterocycles. The lowest BCUT2D eigenvalue weighted by molar-refractivity contribution is -0.142. The Bertz CT molecular complexity index is 448. The SMILES string of the molecule is CCOC(=O)Cc1cc(O)cc(C#N)c1O. The molecule has 0 spiro atoms. The number of hydrogen-bond acceptors (Lipinski definition) is 5. The first-order chi connectivity index (χ1) is 7.58. The molecule has 0 heterocycles. The maximum absolute atomic E-state index is 11.2. The van der Waals surface area contributed by atoms with Gasteiger partial charge < -0.3 is 14.9 Å². The quantitative estimate of drug-likeness (QED) is 0.588. The molecule has 5 heteroatoms. The van der Waals surface area contributed by atoms with Gasteiger partial charge in [-0.3, -0.25) is 4.79 Å². The number of carbonyl (C=O) groups is 1. The molecule has 0 unspecified atom stereocenters. The minimum Gasteiger partial charge on any atom is -0.508 e. The molecule has 0 saturated carbocycles. The Balaban J connectivity index is 3.01. The van der Waals surface area contributed by atoms with Crippen LogP contribution in [0.15, 0.2) is 12.1 Å². The fraction of sp³-hybridized carbons (Fsp3) is 0.273. The fourth-order valence-electron chi connectivity index (χ4n) is 1.27. The molecule has 0 aliphatic carbocycles. The third-order valence-electron chi connectivity index (χ3n) is 1.93. The van der Waals surface area contributed by atoms with Gasteiger partial charge in [-0.25, -0.2) is 0 Å². The molecule has 1 aromatic rings. The first-order valence-corrected chi connectivity index (χ1v) is 4.69. The smallest absolute Gasteiger partial charge is 0.310 e. The molecule has 0 amide bonds. The number of carbonyl (C=O) groups excluding carboxylic acids is 1. The predicted octanol–water partition coefficient (Wildman–Crippen LogP) is 1.08. The number of aromatic hydroxyl groups is 2. The van der Waals surface area contributed by atoms with Crippen molar-refractivity contribution in [2.24, 2.45) is 0 Å². The van der Waals surface area contributed by atoms with Crippen molar-refractivity contribution in [3.63, 3.8) is 0 Å². The van der Waals surface area contributed by atoms with Crippen LogP contribution in [-0.2, 0) is 16.0 Å². The zero-order valence-electron chi connectivity index (χ0n) is 8.73. The van der Waals surface area contributed by atoms with Crippen LogP contribution in [0.2, 0.25) is 0 Å². The normalized spacial score (nSPS) is 9.50. The topological polar surface area (TPSA) is 90.5 Å². The number of nitriles is 1. The molecule has 1 aromatic carbocycles. The van der Waals surface area contributed by atoms with Gasteiger partial charge in [0, 0.05) is 11.6 Å². The van der Waals surface area contributed by atoms with Gasteiger partial charge in [0.2, 0.25) is 0 Å². The Kier molecular flexibility index (Phi) is 3.72. The molecular weight excluding hydrogens is 210 g/mol. The molecule has 0 radical (unpaired) electrons. The molecule has 0 aliphatic heterocycles. The molecule has 5 nitrogen and oxygen atoms in total. The fourth-order valence-corrected chi connectivity index (χ4v) is 1.27. The second kappa shape index (κ2) is 5.03. The largest absolute Gasteiger partial charge is 0.508 e. The summed E-state index contributed by atoms with van der Waals surface area (Å²) in [6.45, 7) is 1.91. The van der Waals surface area contributed by atoms with E-state index in [2.05, 4.69) is 0 Å². The highest BCUT2D eigenvalue weighted by Crippen LogP contribution is 2.27. The second-order valence-corrected chi connectivity index (χ2v) is 3.09. The van der Waals surface area contributed by atoms with E-state index < -0.39 is 5.97 Å². The molecule has 16 heavy (non-hydrogen) atoms. The average Bonchev–Trinajstić information content (AvgIpc) is 2.23. The number of phenolic OH excluding ortho intramolecular Hbond substituents is 2. The van der Waals surface area contributed by atoms with Crippen LogP contribution in [0.3, 0.4) is 0 Å². The van der Waals surface area contributed by atoms with Crippen LogP contribution in [0.4, 0.5) is 0 Å². The first kappa shape index (κ1) is 11.9. The van der Waals surface area contributed by atoms with Crippen molar-refractivity contribution in [1.29, 1.82) is 5.26 Å². The minimum atomic E-state index is -0.521. The standard InChI is InChI=1S/C11H11NO4/c1-2-16-10(14)5-7-3-9(13)4-8(6-12)11(7)15/h3-4,13,15H,2,5H2,1H3. The van der Waals surface area contributed by atoms with Gasteiger partial charge in [0.25, 0.3) is 0 Å². The Morgan fingerprint density at radius 1 is 1.50 bits per heavy atom. The lowest BCUT2D eigenvalue weighted by Gasteiger charge is -2.06. The van der Waals surface area contributed by atoms with Crippen LogP contribution in [0.5, 0.6) is 11.5 Å². The number of ether oxygens (including phenoxy) is 1. The molecule has 84 valence electrons. The van der Waals surface area contributed by atoms with Gasteiger partial charge in [0.15, 0.2) is 0 Å². The van der Waals surface area contributed by atoms with Crippen molar-refractivity contribution < 1.29 is 19.7 Å². The van der Waals surface area contributed by atoms with E-state index in [4.69, 9.17) is 10.00 Å². The predicted molar refractivity (Wildman–Crippen MR) is 54.8 cm³/mol. The van der Waals surface area contributed by atoms with Crippen molar-refractivity contribution in [2.45, 2.75) is 13.3 Å². The summed E-state index contributed by atoms with van der Waals surface area (Å²) in [5.41, 5.74) is 0.106. The van der Waals surface area contributed by atoms with E-state index in [1.54, 1.807) is 13.0 Å². The summed E-state index contributed by atoms with van der Waals surface area (Å²) in [4.78, 5) is 11.2. The molecule has 0 aliphatic rings. The van der Waals surface area contributed by atoms with E-state index in [1.165, 1.54) is 6.07 Å². The van der Waals surface area contributed by atoms with Crippen LogP contribution in [-0.4, -0.2) is 22.8 Å². The van der Waals surface area contributed by atoms with Gasteiger partial charge in [0.1, 0.15) is 17.6 Å². The zero-order chi connectivity index (χ0) is 12.1. The third-order valence-corrected chi connectivity index (χ3v) is 1.93. The Labute approximate surface area is 92.5 Å². The summed E-state index contributed by atoms with van der Waals surface area (Å²) in [6, 6.07) is 4.08. The number of rotatable bonds is 3. The number of hydrogen-bond donors (Lipinski definition) is 2. The molecule has 0 fully saturated rings. The van der Waals surface area contributed by atoms with Crippen molar-refractivity contribution in [3.8, 4) is 17.6 Å². The van der Waals surface area contributed by atoms with E-state index in [9.17, 15) is 15.0 Å². The Hall–Kier alpha value is -2.22. The van der Waals surface area contributed by atoms with E-state index in [0.717, 1.165) is 6.07 Å². The summed E-state index contributed by atoms with van der Waals surface area (Å²) >= 11 is 0. The summed E-state index contributed by atoms with van der Waals surface area (Å²) in [5, 5.41) is 27.5. The van der Waals surface area contributed by atoms with E-state index in [1.807, 2.05) is 0 Å². The van der Waals surface area contributed by atoms with Crippen molar-refractivity contribution in [2.75, 3.05) is 6.61 Å². The summed E-state index contributed by atoms with van der Waals surface area (Å²) in [6.07, 6.45) is -0.178. The monoisotopic (exact) mass is 221 g/mol. The van der Waals surface area contributed by atoms with E-state index in [-0.39, 0.29) is 35.7 Å². The van der Waals surface area contributed by atoms with Crippen LogP contribution < -0.4 is 0 Å². The van der Waals surface area contributed by atoms with Gasteiger partial charge in [-0.15, -0.1) is 0 Å². The maximum Gasteiger partial charge on any atom is 0.310 e. The lowest BCUT2D eigenvalue weighted by Crippen LogP contribution is -2.07. The summed E-state index contributed by atoms with van der Waals surface area (Å²) < 4.78 is 4.70. The summed E-state index contributed by atoms with van der Waals surface area (Å²) in [7, 11) is 0. The molecule has 1 rings (SSSR count). The lowest BCUT2D eigenvalue weighted by atomic mass is 10.1. The molecule has 2 N–H and O–H groups in total. The van der Waals surface area contributed by atoms with Gasteiger partial charge in [0.05, 0.1) is 18.6 Å². The highest BCUT2D eigenvalue weighted by Gasteiger charge is 2.13. The van der Waals surface area contributed by atoms with Gasteiger partial charge >= 0.3 is 5.97 Å². The average molecular weight is 221 g/mol. The number of nitrogens with zero attached hydrogens (tertiary/aromatic N) is 1. The third kappa shape index (κ3) is 2.64. The second-order valence-electron chi connectivity index (χ2n) is 3.09. The number of benzene rings is 1. The van der Waals surface area contributed by atoms with Gasteiger partial charge in [-0.1, -0.05) is 0 Å². The minimum absolute atomic E-state index is 0.0701. The molecule has 0 bridgehead atoms. The van der Waals surface area contributed by atoms with Crippen LogP contribution >= 0.6 is 0 Å². The molecular formula is C11H11NO4. The molecule has 0 atom stereocenters. The van der Waals surface area contributed by atoms with E-state index in [0.29, 0.717) is 0 Å². The Morgan fingerprint density at radius 3 is 2.75 bits per heavy atom. The van der Waals surface area contributed by atoms with Crippen LogP contribution in [0.1, 0.15) is 18.1 Å². The van der Waals surface area contributed by atoms with Crippen LogP contribution in [0.25, 0.3) is 0 Å². The zero-order valence-corrected chi connectivity index (χ0v) is 8.73. The number of esters is 1.